The molecule has 3 unspecified atom stereocenters. The SMILES string of the molecule is C=C1C(=O)C2(C)CC(S(=O)(=O)Oc3ccccc3)C1C2(C)C. The van der Waals surface area contributed by atoms with Gasteiger partial charge in [0, 0.05) is 11.3 Å². The molecule has 0 saturated heterocycles. The maximum atomic E-state index is 12.7. The zero-order valence-electron chi connectivity index (χ0n) is 13.0. The molecule has 0 spiro atoms. The van der Waals surface area contributed by atoms with Gasteiger partial charge in [-0.1, -0.05) is 45.5 Å². The van der Waals surface area contributed by atoms with Crippen molar-refractivity contribution < 1.29 is 17.4 Å². The molecule has 4 nitrogen and oxygen atoms in total. The molecule has 3 rings (SSSR count). The van der Waals surface area contributed by atoms with Crippen molar-refractivity contribution in [1.82, 2.24) is 0 Å². The van der Waals surface area contributed by atoms with Crippen molar-refractivity contribution in [3.63, 3.8) is 0 Å². The van der Waals surface area contributed by atoms with Crippen LogP contribution < -0.4 is 4.18 Å². The van der Waals surface area contributed by atoms with Gasteiger partial charge in [0.2, 0.25) is 0 Å². The lowest BCUT2D eigenvalue weighted by atomic mass is 9.70. The zero-order chi connectivity index (χ0) is 16.3. The molecule has 1 aromatic carbocycles. The van der Waals surface area contributed by atoms with Crippen molar-refractivity contribution in [2.45, 2.75) is 32.4 Å². The Balaban J connectivity index is 1.98. The number of rotatable bonds is 3. The van der Waals surface area contributed by atoms with E-state index in [1.165, 1.54) is 0 Å². The summed E-state index contributed by atoms with van der Waals surface area (Å²) < 4.78 is 30.7. The monoisotopic (exact) mass is 320 g/mol. The van der Waals surface area contributed by atoms with Gasteiger partial charge in [-0.3, -0.25) is 4.79 Å². The van der Waals surface area contributed by atoms with E-state index in [1.807, 2.05) is 20.8 Å². The number of carbonyl (C=O) groups is 1. The van der Waals surface area contributed by atoms with Gasteiger partial charge in [-0.25, -0.2) is 0 Å². The second-order valence-electron chi connectivity index (χ2n) is 7.02. The lowest BCUT2D eigenvalue weighted by Crippen LogP contribution is -2.37. The van der Waals surface area contributed by atoms with Crippen LogP contribution in [0.2, 0.25) is 0 Å². The third kappa shape index (κ3) is 1.81. The smallest absolute Gasteiger partial charge is 0.312 e. The first-order valence-electron chi connectivity index (χ1n) is 7.33. The predicted octanol–water partition coefficient (Wildman–Crippen LogP) is 2.96. The van der Waals surface area contributed by atoms with E-state index in [9.17, 15) is 13.2 Å². The fourth-order valence-corrected chi connectivity index (χ4v) is 5.95. The third-order valence-electron chi connectivity index (χ3n) is 5.68. The summed E-state index contributed by atoms with van der Waals surface area (Å²) in [6, 6.07) is 8.45. The minimum absolute atomic E-state index is 0.00587. The molecule has 0 N–H and O–H groups in total. The highest BCUT2D eigenvalue weighted by Crippen LogP contribution is 2.66. The fraction of sp³-hybridized carbons (Fsp3) is 0.471. The maximum absolute atomic E-state index is 12.7. The third-order valence-corrected chi connectivity index (χ3v) is 7.28. The van der Waals surface area contributed by atoms with Crippen LogP contribution in [0.25, 0.3) is 0 Å². The van der Waals surface area contributed by atoms with Gasteiger partial charge in [-0.15, -0.1) is 0 Å². The van der Waals surface area contributed by atoms with E-state index in [0.29, 0.717) is 11.3 Å². The molecule has 2 fully saturated rings. The van der Waals surface area contributed by atoms with E-state index < -0.39 is 32.1 Å². The van der Waals surface area contributed by atoms with E-state index in [2.05, 4.69) is 6.58 Å². The molecule has 2 aliphatic rings. The Morgan fingerprint density at radius 2 is 1.77 bits per heavy atom. The highest BCUT2D eigenvalue weighted by molar-refractivity contribution is 7.87. The Hall–Kier alpha value is -1.62. The minimum atomic E-state index is -3.82. The van der Waals surface area contributed by atoms with Crippen LogP contribution in [0.4, 0.5) is 0 Å². The van der Waals surface area contributed by atoms with Crippen molar-refractivity contribution in [3.05, 3.63) is 42.5 Å². The summed E-state index contributed by atoms with van der Waals surface area (Å²) in [5, 5.41) is -0.724. The number of allylic oxidation sites excluding steroid dienone is 1. The summed E-state index contributed by atoms with van der Waals surface area (Å²) in [6.07, 6.45) is 0.289. The molecule has 3 atom stereocenters. The van der Waals surface area contributed by atoms with Gasteiger partial charge in [0.15, 0.2) is 5.78 Å². The van der Waals surface area contributed by atoms with Gasteiger partial charge in [0.25, 0.3) is 0 Å². The van der Waals surface area contributed by atoms with Gasteiger partial charge in [-0.2, -0.15) is 8.42 Å². The van der Waals surface area contributed by atoms with Crippen LogP contribution in [-0.4, -0.2) is 19.5 Å². The molecule has 118 valence electrons. The van der Waals surface area contributed by atoms with Crippen LogP contribution in [0.3, 0.4) is 0 Å². The van der Waals surface area contributed by atoms with E-state index in [1.54, 1.807) is 30.3 Å². The van der Waals surface area contributed by atoms with Crippen LogP contribution in [0.15, 0.2) is 42.5 Å². The Morgan fingerprint density at radius 3 is 2.27 bits per heavy atom. The van der Waals surface area contributed by atoms with Crippen LogP contribution in [0.1, 0.15) is 27.2 Å². The molecule has 5 heteroatoms. The molecule has 2 aliphatic carbocycles. The van der Waals surface area contributed by atoms with Crippen molar-refractivity contribution in [1.29, 1.82) is 0 Å². The zero-order valence-corrected chi connectivity index (χ0v) is 13.8. The molecule has 0 aliphatic heterocycles. The average molecular weight is 320 g/mol. The average Bonchev–Trinajstić information content (AvgIpc) is 2.72. The molecular formula is C17H20O4S. The Kier molecular flexibility index (Phi) is 3.09. The van der Waals surface area contributed by atoms with Gasteiger partial charge in [0.1, 0.15) is 11.0 Å². The first-order chi connectivity index (χ1) is 10.1. The van der Waals surface area contributed by atoms with Crippen molar-refractivity contribution in [2.24, 2.45) is 16.7 Å². The molecule has 1 aromatic rings. The van der Waals surface area contributed by atoms with Crippen molar-refractivity contribution in [2.75, 3.05) is 0 Å². The quantitative estimate of drug-likeness (QED) is 0.634. The highest BCUT2D eigenvalue weighted by atomic mass is 32.2. The first kappa shape index (κ1) is 15.3. The molecular weight excluding hydrogens is 300 g/mol. The molecule has 2 bridgehead atoms. The molecule has 22 heavy (non-hydrogen) atoms. The number of benzene rings is 1. The Labute approximate surface area is 131 Å². The number of ketones is 1. The minimum Gasteiger partial charge on any atom is -0.382 e. The van der Waals surface area contributed by atoms with Gasteiger partial charge in [0.05, 0.1) is 0 Å². The lowest BCUT2D eigenvalue weighted by molar-refractivity contribution is -0.125. The maximum Gasteiger partial charge on any atom is 0.312 e. The largest absolute Gasteiger partial charge is 0.382 e. The summed E-state index contributed by atoms with van der Waals surface area (Å²) in [7, 11) is -3.82. The van der Waals surface area contributed by atoms with E-state index in [-0.39, 0.29) is 12.2 Å². The fourth-order valence-electron chi connectivity index (χ4n) is 4.07. The number of carbonyl (C=O) groups excluding carboxylic acids is 1. The number of hydrogen-bond donors (Lipinski definition) is 0. The predicted molar refractivity (Wildman–Crippen MR) is 83.9 cm³/mol. The second-order valence-corrected chi connectivity index (χ2v) is 8.78. The van der Waals surface area contributed by atoms with Crippen LogP contribution in [0, 0.1) is 16.7 Å². The number of fused-ring (bicyclic) bond motifs is 2. The molecule has 0 radical (unpaired) electrons. The molecule has 0 heterocycles. The summed E-state index contributed by atoms with van der Waals surface area (Å²) in [5.74, 6) is -0.0995. The molecule has 0 amide bonds. The Morgan fingerprint density at radius 1 is 1.18 bits per heavy atom. The molecule has 2 saturated carbocycles. The topological polar surface area (TPSA) is 60.4 Å². The normalized spacial score (nSPS) is 33.2. The van der Waals surface area contributed by atoms with Crippen LogP contribution in [0.5, 0.6) is 5.75 Å². The number of Topliss-reactive ketones (excluding diaryl/α,β-unsaturated/α-hetero) is 1. The summed E-state index contributed by atoms with van der Waals surface area (Å²) in [5.41, 5.74) is -0.699. The number of hydrogen-bond acceptors (Lipinski definition) is 4. The van der Waals surface area contributed by atoms with E-state index in [4.69, 9.17) is 4.18 Å². The van der Waals surface area contributed by atoms with Gasteiger partial charge >= 0.3 is 10.1 Å². The summed E-state index contributed by atoms with van der Waals surface area (Å²) >= 11 is 0. The van der Waals surface area contributed by atoms with Crippen LogP contribution >= 0.6 is 0 Å². The summed E-state index contributed by atoms with van der Waals surface area (Å²) in [6.45, 7) is 9.61. The van der Waals surface area contributed by atoms with Crippen LogP contribution in [-0.2, 0) is 14.9 Å². The molecule has 0 aromatic heterocycles. The van der Waals surface area contributed by atoms with E-state index in [0.717, 1.165) is 0 Å². The standard InChI is InChI=1S/C17H20O4S/c1-11-14-13(10-17(4,15(11)18)16(14,2)3)22(19,20)21-12-8-6-5-7-9-12/h5-9,13-14H,1,10H2,2-4H3. The van der Waals surface area contributed by atoms with Crippen molar-refractivity contribution >= 4 is 15.9 Å². The summed E-state index contributed by atoms with van der Waals surface area (Å²) in [4.78, 5) is 12.4. The first-order valence-corrected chi connectivity index (χ1v) is 8.80. The number of para-hydroxylation sites is 1. The van der Waals surface area contributed by atoms with Crippen molar-refractivity contribution in [3.8, 4) is 5.75 Å². The highest BCUT2D eigenvalue weighted by Gasteiger charge is 2.70. The van der Waals surface area contributed by atoms with Gasteiger partial charge < -0.3 is 4.18 Å². The van der Waals surface area contributed by atoms with E-state index >= 15 is 0 Å². The Bertz CT molecular complexity index is 748. The van der Waals surface area contributed by atoms with Gasteiger partial charge in [-0.05, 0) is 29.5 Å². The lowest BCUT2D eigenvalue weighted by Gasteiger charge is -2.31. The second kappa shape index (κ2) is 4.44.